The van der Waals surface area contributed by atoms with Crippen LogP contribution in [0, 0.1) is 5.92 Å². The highest BCUT2D eigenvalue weighted by molar-refractivity contribution is 4.82. The molecule has 20 heavy (non-hydrogen) atoms. The molecule has 0 saturated carbocycles. The van der Waals surface area contributed by atoms with Crippen molar-refractivity contribution in [2.75, 3.05) is 45.9 Å². The van der Waals surface area contributed by atoms with Crippen LogP contribution in [0.5, 0.6) is 0 Å². The van der Waals surface area contributed by atoms with E-state index in [2.05, 4.69) is 23.6 Å². The molecule has 2 rings (SSSR count). The van der Waals surface area contributed by atoms with Crippen molar-refractivity contribution in [1.29, 1.82) is 0 Å². The first-order valence-corrected chi connectivity index (χ1v) is 8.23. The van der Waals surface area contributed by atoms with E-state index in [1.54, 1.807) is 0 Å². The van der Waals surface area contributed by atoms with Gasteiger partial charge in [0.25, 0.3) is 0 Å². The largest absolute Gasteiger partial charge is 0.390 e. The van der Waals surface area contributed by atoms with Gasteiger partial charge in [-0.05, 0) is 38.6 Å². The molecule has 0 bridgehead atoms. The Kier molecular flexibility index (Phi) is 5.84. The molecular formula is C16H32N2O2. The number of ether oxygens (including phenoxy) is 1. The van der Waals surface area contributed by atoms with E-state index in [1.807, 2.05) is 6.92 Å². The fraction of sp³-hybridized carbons (Fsp3) is 1.00. The van der Waals surface area contributed by atoms with E-state index in [0.717, 1.165) is 64.5 Å². The molecule has 2 atom stereocenters. The van der Waals surface area contributed by atoms with Crippen molar-refractivity contribution < 1.29 is 9.84 Å². The summed E-state index contributed by atoms with van der Waals surface area (Å²) in [5.41, 5.74) is -0.466. The highest BCUT2D eigenvalue weighted by Crippen LogP contribution is 2.22. The lowest BCUT2D eigenvalue weighted by molar-refractivity contribution is -0.0465. The van der Waals surface area contributed by atoms with Crippen molar-refractivity contribution >= 4 is 0 Å². The quantitative estimate of drug-likeness (QED) is 0.850. The first-order chi connectivity index (χ1) is 9.44. The SMILES string of the molecule is CC(C)CN1CCOC(CN2CCCC(C)(O)CC2)C1. The molecule has 1 N–H and O–H groups in total. The monoisotopic (exact) mass is 284 g/mol. The van der Waals surface area contributed by atoms with Crippen molar-refractivity contribution in [3.05, 3.63) is 0 Å². The fourth-order valence-electron chi connectivity index (χ4n) is 3.36. The third-order valence-corrected chi connectivity index (χ3v) is 4.46. The van der Waals surface area contributed by atoms with E-state index in [4.69, 9.17) is 4.74 Å². The molecule has 0 aromatic rings. The van der Waals surface area contributed by atoms with Crippen molar-refractivity contribution in [3.8, 4) is 0 Å². The highest BCUT2D eigenvalue weighted by Gasteiger charge is 2.28. The van der Waals surface area contributed by atoms with Crippen LogP contribution >= 0.6 is 0 Å². The first-order valence-electron chi connectivity index (χ1n) is 8.23. The molecule has 2 unspecified atom stereocenters. The van der Waals surface area contributed by atoms with Gasteiger partial charge < -0.3 is 14.7 Å². The summed E-state index contributed by atoms with van der Waals surface area (Å²) >= 11 is 0. The summed E-state index contributed by atoms with van der Waals surface area (Å²) in [6, 6.07) is 0. The van der Waals surface area contributed by atoms with Crippen molar-refractivity contribution in [2.24, 2.45) is 5.92 Å². The number of nitrogens with zero attached hydrogens (tertiary/aromatic N) is 2. The number of hydrogen-bond donors (Lipinski definition) is 1. The summed E-state index contributed by atoms with van der Waals surface area (Å²) in [7, 11) is 0. The van der Waals surface area contributed by atoms with Crippen LogP contribution in [-0.2, 0) is 4.74 Å². The lowest BCUT2D eigenvalue weighted by atomic mass is 9.98. The van der Waals surface area contributed by atoms with Gasteiger partial charge in [0.2, 0.25) is 0 Å². The zero-order valence-electron chi connectivity index (χ0n) is 13.5. The van der Waals surface area contributed by atoms with Gasteiger partial charge in [-0.2, -0.15) is 0 Å². The van der Waals surface area contributed by atoms with Gasteiger partial charge in [0.1, 0.15) is 0 Å². The molecule has 0 radical (unpaired) electrons. The van der Waals surface area contributed by atoms with E-state index in [9.17, 15) is 5.11 Å². The van der Waals surface area contributed by atoms with E-state index in [0.29, 0.717) is 6.10 Å². The Bertz CT molecular complexity index is 294. The van der Waals surface area contributed by atoms with Crippen LogP contribution in [0.4, 0.5) is 0 Å². The summed E-state index contributed by atoms with van der Waals surface area (Å²) < 4.78 is 5.94. The molecule has 2 aliphatic heterocycles. The van der Waals surface area contributed by atoms with Gasteiger partial charge in [-0.25, -0.2) is 0 Å². The summed E-state index contributed by atoms with van der Waals surface area (Å²) in [6.45, 7) is 13.8. The smallest absolute Gasteiger partial charge is 0.0829 e. The van der Waals surface area contributed by atoms with E-state index < -0.39 is 5.60 Å². The van der Waals surface area contributed by atoms with Crippen LogP contribution < -0.4 is 0 Å². The maximum atomic E-state index is 10.2. The van der Waals surface area contributed by atoms with E-state index in [1.165, 1.54) is 6.54 Å². The highest BCUT2D eigenvalue weighted by atomic mass is 16.5. The normalized spacial score (nSPS) is 34.4. The molecule has 118 valence electrons. The molecule has 2 fully saturated rings. The standard InChI is InChI=1S/C16H32N2O2/c1-14(2)11-18-9-10-20-15(13-18)12-17-7-4-5-16(3,19)6-8-17/h14-15,19H,4-13H2,1-3H3. The lowest BCUT2D eigenvalue weighted by Gasteiger charge is -2.36. The zero-order valence-corrected chi connectivity index (χ0v) is 13.5. The van der Waals surface area contributed by atoms with Crippen LogP contribution in [0.3, 0.4) is 0 Å². The third kappa shape index (κ3) is 5.32. The van der Waals surface area contributed by atoms with Gasteiger partial charge in [-0.15, -0.1) is 0 Å². The van der Waals surface area contributed by atoms with Crippen molar-refractivity contribution in [3.63, 3.8) is 0 Å². The maximum absolute atomic E-state index is 10.2. The topological polar surface area (TPSA) is 35.9 Å². The van der Waals surface area contributed by atoms with Gasteiger partial charge in [0, 0.05) is 32.7 Å². The van der Waals surface area contributed by atoms with Crippen molar-refractivity contribution in [1.82, 2.24) is 9.80 Å². The number of morpholine rings is 1. The van der Waals surface area contributed by atoms with Crippen LogP contribution in [0.15, 0.2) is 0 Å². The van der Waals surface area contributed by atoms with Crippen molar-refractivity contribution in [2.45, 2.75) is 51.7 Å². The van der Waals surface area contributed by atoms with Crippen LogP contribution in [0.25, 0.3) is 0 Å². The number of rotatable bonds is 4. The van der Waals surface area contributed by atoms with Crippen LogP contribution in [0.2, 0.25) is 0 Å². The van der Waals surface area contributed by atoms with Crippen LogP contribution in [-0.4, -0.2) is 72.5 Å². The maximum Gasteiger partial charge on any atom is 0.0829 e. The van der Waals surface area contributed by atoms with E-state index >= 15 is 0 Å². The molecule has 0 aliphatic carbocycles. The Balaban J connectivity index is 1.77. The minimum Gasteiger partial charge on any atom is -0.390 e. The summed E-state index contributed by atoms with van der Waals surface area (Å²) in [4.78, 5) is 5.01. The minimum absolute atomic E-state index is 0.338. The second-order valence-corrected chi connectivity index (χ2v) is 7.30. The Morgan fingerprint density at radius 3 is 2.75 bits per heavy atom. The molecular weight excluding hydrogens is 252 g/mol. The lowest BCUT2D eigenvalue weighted by Crippen LogP contribution is -2.48. The Morgan fingerprint density at radius 2 is 2.00 bits per heavy atom. The molecule has 0 aromatic carbocycles. The third-order valence-electron chi connectivity index (χ3n) is 4.46. The minimum atomic E-state index is -0.466. The second kappa shape index (κ2) is 7.21. The molecule has 2 saturated heterocycles. The average molecular weight is 284 g/mol. The molecule has 2 heterocycles. The van der Waals surface area contributed by atoms with Gasteiger partial charge in [0.15, 0.2) is 0 Å². The number of likely N-dealkylation sites (tertiary alicyclic amines) is 1. The predicted octanol–water partition coefficient (Wildman–Crippen LogP) is 1.58. The van der Waals surface area contributed by atoms with Gasteiger partial charge >= 0.3 is 0 Å². The molecule has 2 aliphatic rings. The van der Waals surface area contributed by atoms with Gasteiger partial charge in [-0.1, -0.05) is 13.8 Å². The molecule has 4 nitrogen and oxygen atoms in total. The fourth-order valence-corrected chi connectivity index (χ4v) is 3.36. The average Bonchev–Trinajstić information content (AvgIpc) is 2.51. The molecule has 0 amide bonds. The molecule has 0 aromatic heterocycles. The Labute approximate surface area is 124 Å². The summed E-state index contributed by atoms with van der Waals surface area (Å²) in [6.07, 6.45) is 3.24. The number of hydrogen-bond acceptors (Lipinski definition) is 4. The summed E-state index contributed by atoms with van der Waals surface area (Å²) in [5, 5.41) is 10.2. The van der Waals surface area contributed by atoms with E-state index in [-0.39, 0.29) is 0 Å². The predicted molar refractivity (Wildman–Crippen MR) is 81.9 cm³/mol. The second-order valence-electron chi connectivity index (χ2n) is 7.30. The molecule has 4 heteroatoms. The number of aliphatic hydroxyl groups is 1. The van der Waals surface area contributed by atoms with Gasteiger partial charge in [0.05, 0.1) is 18.3 Å². The van der Waals surface area contributed by atoms with Gasteiger partial charge in [-0.3, -0.25) is 4.90 Å². The summed E-state index contributed by atoms with van der Waals surface area (Å²) in [5.74, 6) is 0.724. The zero-order chi connectivity index (χ0) is 14.6. The Morgan fingerprint density at radius 1 is 1.20 bits per heavy atom. The molecule has 0 spiro atoms. The van der Waals surface area contributed by atoms with Crippen LogP contribution in [0.1, 0.15) is 40.0 Å². The first kappa shape index (κ1) is 16.2. The Hall–Kier alpha value is -0.160.